The number of rotatable bonds is 2. The number of carbonyl (C=O) groups is 1. The van der Waals surface area contributed by atoms with Crippen LogP contribution in [0.25, 0.3) is 0 Å². The Morgan fingerprint density at radius 2 is 2.39 bits per heavy atom. The largest absolute Gasteiger partial charge is 0.391 e. The first kappa shape index (κ1) is 13.2. The summed E-state index contributed by atoms with van der Waals surface area (Å²) in [4.78, 5) is 18.0. The highest BCUT2D eigenvalue weighted by atomic mass is 35.5. The summed E-state index contributed by atoms with van der Waals surface area (Å²) in [6, 6.07) is 3.23. The van der Waals surface area contributed by atoms with Crippen molar-refractivity contribution in [1.82, 2.24) is 9.88 Å². The molecule has 0 saturated carbocycles. The molecule has 2 N–H and O–H groups in total. The normalized spacial score (nSPS) is 19.6. The van der Waals surface area contributed by atoms with Crippen LogP contribution in [0.15, 0.2) is 18.3 Å². The van der Waals surface area contributed by atoms with Crippen LogP contribution in [-0.4, -0.2) is 46.6 Å². The summed E-state index contributed by atoms with van der Waals surface area (Å²) in [7, 11) is 0. The third-order valence-corrected chi connectivity index (χ3v) is 3.10. The minimum Gasteiger partial charge on any atom is -0.391 e. The zero-order valence-corrected chi connectivity index (χ0v) is 11.1. The Balaban J connectivity index is 2.09. The Morgan fingerprint density at radius 1 is 1.61 bits per heavy atom. The van der Waals surface area contributed by atoms with Crippen LogP contribution in [0.5, 0.6) is 0 Å². The Labute approximate surface area is 115 Å². The summed E-state index contributed by atoms with van der Waals surface area (Å²) in [6.07, 6.45) is 1.06. The Morgan fingerprint density at radius 3 is 3.00 bits per heavy atom. The molecule has 1 aliphatic heterocycles. The quantitative estimate of drug-likeness (QED) is 0.817. The second kappa shape index (κ2) is 5.60. The van der Waals surface area contributed by atoms with E-state index in [0.717, 1.165) is 0 Å². The first-order valence-electron chi connectivity index (χ1n) is 5.39. The molecule has 1 fully saturated rings. The van der Waals surface area contributed by atoms with Gasteiger partial charge in [-0.1, -0.05) is 23.8 Å². The number of nitrogens with two attached hydrogens (primary N) is 1. The van der Waals surface area contributed by atoms with Crippen molar-refractivity contribution in [2.24, 2.45) is 5.73 Å². The SMILES string of the molecule is NC(=S)C1CN(C(=O)c2ccc(Cl)cn2)CCO1. The second-order valence-corrected chi connectivity index (χ2v) is 4.78. The van der Waals surface area contributed by atoms with E-state index in [1.807, 2.05) is 0 Å². The molecule has 2 rings (SSSR count). The molecule has 5 nitrogen and oxygen atoms in total. The summed E-state index contributed by atoms with van der Waals surface area (Å²) in [5.41, 5.74) is 5.87. The molecule has 18 heavy (non-hydrogen) atoms. The maximum atomic E-state index is 12.2. The summed E-state index contributed by atoms with van der Waals surface area (Å²) < 4.78 is 5.37. The van der Waals surface area contributed by atoms with Gasteiger partial charge in [-0.3, -0.25) is 4.79 Å². The van der Waals surface area contributed by atoms with Crippen molar-refractivity contribution in [2.75, 3.05) is 19.7 Å². The minimum atomic E-state index is -0.384. The number of halogens is 1. The van der Waals surface area contributed by atoms with Crippen LogP contribution < -0.4 is 5.73 Å². The lowest BCUT2D eigenvalue weighted by Crippen LogP contribution is -2.50. The molecular formula is C11H12ClN3O2S. The Kier molecular flexibility index (Phi) is 4.11. The molecular weight excluding hydrogens is 274 g/mol. The van der Waals surface area contributed by atoms with Crippen molar-refractivity contribution >= 4 is 34.7 Å². The molecule has 1 saturated heterocycles. The van der Waals surface area contributed by atoms with Gasteiger partial charge < -0.3 is 15.4 Å². The van der Waals surface area contributed by atoms with E-state index >= 15 is 0 Å². The van der Waals surface area contributed by atoms with E-state index < -0.39 is 0 Å². The lowest BCUT2D eigenvalue weighted by Gasteiger charge is -2.32. The lowest BCUT2D eigenvalue weighted by atomic mass is 10.2. The van der Waals surface area contributed by atoms with Gasteiger partial charge in [0.1, 0.15) is 16.8 Å². The topological polar surface area (TPSA) is 68.5 Å². The first-order valence-corrected chi connectivity index (χ1v) is 6.18. The Hall–Kier alpha value is -1.24. The summed E-state index contributed by atoms with van der Waals surface area (Å²) in [6.45, 7) is 1.28. The maximum Gasteiger partial charge on any atom is 0.272 e. The van der Waals surface area contributed by atoms with Gasteiger partial charge in [-0.2, -0.15) is 0 Å². The van der Waals surface area contributed by atoms with Crippen LogP contribution in [0.1, 0.15) is 10.5 Å². The van der Waals surface area contributed by atoms with Crippen LogP contribution in [0.3, 0.4) is 0 Å². The van der Waals surface area contributed by atoms with Crippen molar-refractivity contribution in [3.63, 3.8) is 0 Å². The number of thiocarbonyl (C=S) groups is 1. The van der Waals surface area contributed by atoms with E-state index in [1.165, 1.54) is 6.20 Å². The number of ether oxygens (including phenoxy) is 1. The highest BCUT2D eigenvalue weighted by Crippen LogP contribution is 2.12. The average molecular weight is 286 g/mol. The van der Waals surface area contributed by atoms with Gasteiger partial charge in [0.2, 0.25) is 0 Å². The van der Waals surface area contributed by atoms with Gasteiger partial charge in [-0.25, -0.2) is 4.98 Å². The lowest BCUT2D eigenvalue weighted by molar-refractivity contribution is 0.00850. The van der Waals surface area contributed by atoms with E-state index in [4.69, 9.17) is 34.3 Å². The van der Waals surface area contributed by atoms with Gasteiger partial charge in [-0.05, 0) is 12.1 Å². The number of amides is 1. The third-order valence-electron chi connectivity index (χ3n) is 2.62. The number of aromatic nitrogens is 1. The van der Waals surface area contributed by atoms with Crippen molar-refractivity contribution in [2.45, 2.75) is 6.10 Å². The van der Waals surface area contributed by atoms with Gasteiger partial charge in [0.25, 0.3) is 5.91 Å². The molecule has 1 unspecified atom stereocenters. The second-order valence-electron chi connectivity index (χ2n) is 3.87. The fraction of sp³-hybridized carbons (Fsp3) is 0.364. The standard InChI is InChI=1S/C11H12ClN3O2S/c12-7-1-2-8(14-5-7)11(16)15-3-4-17-9(6-15)10(13)18/h1-2,5,9H,3-4,6H2,(H2,13,18). The monoisotopic (exact) mass is 285 g/mol. The molecule has 2 heterocycles. The van der Waals surface area contributed by atoms with Gasteiger partial charge >= 0.3 is 0 Å². The van der Waals surface area contributed by atoms with Crippen LogP contribution in [0.2, 0.25) is 5.02 Å². The summed E-state index contributed by atoms with van der Waals surface area (Å²) in [5, 5.41) is 0.495. The number of pyridine rings is 1. The van der Waals surface area contributed by atoms with E-state index in [9.17, 15) is 4.79 Å². The van der Waals surface area contributed by atoms with Crippen LogP contribution in [0, 0.1) is 0 Å². The van der Waals surface area contributed by atoms with Crippen LogP contribution in [0.4, 0.5) is 0 Å². The van der Waals surface area contributed by atoms with E-state index in [0.29, 0.717) is 30.4 Å². The van der Waals surface area contributed by atoms with Crippen LogP contribution in [-0.2, 0) is 4.74 Å². The molecule has 1 atom stereocenters. The van der Waals surface area contributed by atoms with E-state index in [1.54, 1.807) is 17.0 Å². The fourth-order valence-corrected chi connectivity index (χ4v) is 1.92. The summed E-state index contributed by atoms with van der Waals surface area (Å²) in [5.74, 6) is -0.170. The minimum absolute atomic E-state index is 0.170. The molecule has 0 aliphatic carbocycles. The number of hydrogen-bond donors (Lipinski definition) is 1. The molecule has 1 aromatic heterocycles. The molecule has 1 aliphatic rings. The predicted molar refractivity (Wildman–Crippen MR) is 71.7 cm³/mol. The van der Waals surface area contributed by atoms with Crippen molar-refractivity contribution < 1.29 is 9.53 Å². The summed E-state index contributed by atoms with van der Waals surface area (Å²) >= 11 is 10.6. The molecule has 1 amide bonds. The number of morpholine rings is 1. The smallest absolute Gasteiger partial charge is 0.272 e. The van der Waals surface area contributed by atoms with Gasteiger partial charge in [0.15, 0.2) is 0 Å². The van der Waals surface area contributed by atoms with Crippen molar-refractivity contribution in [3.8, 4) is 0 Å². The number of carbonyl (C=O) groups excluding carboxylic acids is 1. The van der Waals surface area contributed by atoms with Gasteiger partial charge in [0.05, 0.1) is 18.2 Å². The van der Waals surface area contributed by atoms with E-state index in [2.05, 4.69) is 4.98 Å². The van der Waals surface area contributed by atoms with Gasteiger partial charge in [-0.15, -0.1) is 0 Å². The molecule has 1 aromatic rings. The number of nitrogens with zero attached hydrogens (tertiary/aromatic N) is 2. The van der Waals surface area contributed by atoms with E-state index in [-0.39, 0.29) is 17.0 Å². The zero-order chi connectivity index (χ0) is 13.1. The molecule has 0 aromatic carbocycles. The van der Waals surface area contributed by atoms with Crippen molar-refractivity contribution in [3.05, 3.63) is 29.0 Å². The molecule has 0 radical (unpaired) electrons. The van der Waals surface area contributed by atoms with Crippen molar-refractivity contribution in [1.29, 1.82) is 0 Å². The maximum absolute atomic E-state index is 12.2. The first-order chi connectivity index (χ1) is 8.58. The average Bonchev–Trinajstić information content (AvgIpc) is 2.39. The Bertz CT molecular complexity index is 466. The number of hydrogen-bond acceptors (Lipinski definition) is 4. The highest BCUT2D eigenvalue weighted by molar-refractivity contribution is 7.80. The zero-order valence-electron chi connectivity index (χ0n) is 9.51. The van der Waals surface area contributed by atoms with Gasteiger partial charge in [0, 0.05) is 12.7 Å². The van der Waals surface area contributed by atoms with Crippen LogP contribution >= 0.6 is 23.8 Å². The molecule has 0 bridgehead atoms. The fourth-order valence-electron chi connectivity index (χ4n) is 1.67. The predicted octanol–water partition coefficient (Wildman–Crippen LogP) is 0.862. The highest BCUT2D eigenvalue weighted by Gasteiger charge is 2.27. The molecule has 7 heteroatoms. The third kappa shape index (κ3) is 2.95. The molecule has 0 spiro atoms. The molecule has 96 valence electrons.